The SMILES string of the molecule is CC(NCC(O)c1ccsc1)c1cscn1. The Hall–Kier alpha value is -0.750. The van der Waals surface area contributed by atoms with Gasteiger partial charge in [-0.15, -0.1) is 11.3 Å². The molecule has 0 bridgehead atoms. The Kier molecular flexibility index (Phi) is 4.06. The number of aliphatic hydroxyl groups is 1. The van der Waals surface area contributed by atoms with Crippen LogP contribution in [0.4, 0.5) is 0 Å². The monoisotopic (exact) mass is 254 g/mol. The first-order chi connectivity index (χ1) is 7.77. The molecule has 2 rings (SSSR count). The molecule has 0 fully saturated rings. The van der Waals surface area contributed by atoms with Gasteiger partial charge in [-0.3, -0.25) is 0 Å². The minimum Gasteiger partial charge on any atom is -0.387 e. The molecule has 0 aliphatic rings. The molecule has 0 aliphatic heterocycles. The highest BCUT2D eigenvalue weighted by Gasteiger charge is 2.11. The lowest BCUT2D eigenvalue weighted by molar-refractivity contribution is 0.171. The van der Waals surface area contributed by atoms with Gasteiger partial charge in [-0.25, -0.2) is 4.98 Å². The van der Waals surface area contributed by atoms with Gasteiger partial charge in [0.2, 0.25) is 0 Å². The lowest BCUT2D eigenvalue weighted by Gasteiger charge is -2.14. The highest BCUT2D eigenvalue weighted by atomic mass is 32.1. The van der Waals surface area contributed by atoms with Crippen LogP contribution in [0.15, 0.2) is 27.7 Å². The van der Waals surface area contributed by atoms with Crippen LogP contribution in [-0.2, 0) is 0 Å². The molecule has 0 spiro atoms. The summed E-state index contributed by atoms with van der Waals surface area (Å²) in [6.07, 6.45) is -0.438. The van der Waals surface area contributed by atoms with E-state index in [9.17, 15) is 5.11 Å². The van der Waals surface area contributed by atoms with Crippen molar-refractivity contribution in [3.8, 4) is 0 Å². The van der Waals surface area contributed by atoms with Crippen LogP contribution in [-0.4, -0.2) is 16.6 Å². The second-order valence-corrected chi connectivity index (χ2v) is 5.11. The predicted octanol–water partition coefficient (Wildman–Crippen LogP) is 2.59. The lowest BCUT2D eigenvalue weighted by Crippen LogP contribution is -2.24. The summed E-state index contributed by atoms with van der Waals surface area (Å²) in [7, 11) is 0. The molecule has 2 N–H and O–H groups in total. The van der Waals surface area contributed by atoms with E-state index in [0.29, 0.717) is 6.54 Å². The number of rotatable bonds is 5. The molecule has 2 heterocycles. The predicted molar refractivity (Wildman–Crippen MR) is 67.8 cm³/mol. The molecule has 0 saturated carbocycles. The largest absolute Gasteiger partial charge is 0.387 e. The van der Waals surface area contributed by atoms with Crippen LogP contribution in [0.5, 0.6) is 0 Å². The average Bonchev–Trinajstić information content (AvgIpc) is 2.95. The van der Waals surface area contributed by atoms with Gasteiger partial charge in [-0.1, -0.05) is 0 Å². The maximum absolute atomic E-state index is 9.88. The zero-order valence-corrected chi connectivity index (χ0v) is 10.6. The molecule has 0 saturated heterocycles. The smallest absolute Gasteiger partial charge is 0.0922 e. The number of nitrogens with zero attached hydrogens (tertiary/aromatic N) is 1. The number of thiophene rings is 1. The van der Waals surface area contributed by atoms with Crippen LogP contribution in [0.1, 0.15) is 30.3 Å². The molecule has 2 aromatic heterocycles. The molecule has 16 heavy (non-hydrogen) atoms. The van der Waals surface area contributed by atoms with Crippen LogP contribution < -0.4 is 5.32 Å². The molecule has 2 aromatic rings. The normalized spacial score (nSPS) is 14.9. The topological polar surface area (TPSA) is 45.1 Å². The maximum atomic E-state index is 9.88. The minimum atomic E-state index is -0.438. The average molecular weight is 254 g/mol. The Morgan fingerprint density at radius 3 is 2.94 bits per heavy atom. The Balaban J connectivity index is 1.84. The van der Waals surface area contributed by atoms with Crippen molar-refractivity contribution in [2.24, 2.45) is 0 Å². The molecule has 5 heteroatoms. The lowest BCUT2D eigenvalue weighted by atomic mass is 10.2. The molecule has 0 amide bonds. The number of aromatic nitrogens is 1. The third-order valence-electron chi connectivity index (χ3n) is 2.44. The number of thiazole rings is 1. The fraction of sp³-hybridized carbons (Fsp3) is 0.364. The van der Waals surface area contributed by atoms with Crippen molar-refractivity contribution in [2.45, 2.75) is 19.1 Å². The Labute approximate surface area is 103 Å². The van der Waals surface area contributed by atoms with Crippen LogP contribution in [0.3, 0.4) is 0 Å². The standard InChI is InChI=1S/C11H14N2OS2/c1-8(10-6-16-7-13-10)12-4-11(14)9-2-3-15-5-9/h2-3,5-8,11-12,14H,4H2,1H3. The number of aliphatic hydroxyl groups excluding tert-OH is 1. The van der Waals surface area contributed by atoms with Crippen LogP contribution in [0, 0.1) is 0 Å². The Bertz CT molecular complexity index is 359. The van der Waals surface area contributed by atoms with E-state index in [1.54, 1.807) is 22.7 Å². The van der Waals surface area contributed by atoms with Crippen molar-refractivity contribution in [2.75, 3.05) is 6.54 Å². The number of nitrogens with one attached hydrogen (secondary N) is 1. The number of hydrogen-bond acceptors (Lipinski definition) is 5. The van der Waals surface area contributed by atoms with Gasteiger partial charge in [0.15, 0.2) is 0 Å². The summed E-state index contributed by atoms with van der Waals surface area (Å²) >= 11 is 3.19. The summed E-state index contributed by atoms with van der Waals surface area (Å²) in [5, 5.41) is 19.1. The zero-order valence-electron chi connectivity index (χ0n) is 8.96. The summed E-state index contributed by atoms with van der Waals surface area (Å²) in [4.78, 5) is 4.23. The van der Waals surface area contributed by atoms with Gasteiger partial charge in [0.1, 0.15) is 0 Å². The zero-order chi connectivity index (χ0) is 11.4. The van der Waals surface area contributed by atoms with Gasteiger partial charge in [-0.2, -0.15) is 11.3 Å². The Morgan fingerprint density at radius 2 is 2.31 bits per heavy atom. The van der Waals surface area contributed by atoms with E-state index in [1.165, 1.54) is 0 Å². The van der Waals surface area contributed by atoms with Gasteiger partial charge < -0.3 is 10.4 Å². The second-order valence-electron chi connectivity index (χ2n) is 3.62. The maximum Gasteiger partial charge on any atom is 0.0922 e. The van der Waals surface area contributed by atoms with Crippen molar-refractivity contribution in [3.05, 3.63) is 39.0 Å². The van der Waals surface area contributed by atoms with Gasteiger partial charge >= 0.3 is 0 Å². The summed E-state index contributed by atoms with van der Waals surface area (Å²) in [6.45, 7) is 2.60. The quantitative estimate of drug-likeness (QED) is 0.862. The van der Waals surface area contributed by atoms with Crippen molar-refractivity contribution in [1.29, 1.82) is 0 Å². The molecule has 3 nitrogen and oxygen atoms in total. The highest BCUT2D eigenvalue weighted by Crippen LogP contribution is 2.17. The third kappa shape index (κ3) is 2.89. The number of hydrogen-bond donors (Lipinski definition) is 2. The van der Waals surface area contributed by atoms with Crippen molar-refractivity contribution < 1.29 is 5.11 Å². The van der Waals surface area contributed by atoms with E-state index < -0.39 is 6.10 Å². The molecule has 0 aliphatic carbocycles. The molecule has 2 unspecified atom stereocenters. The Morgan fingerprint density at radius 1 is 1.44 bits per heavy atom. The van der Waals surface area contributed by atoms with Crippen LogP contribution in [0.25, 0.3) is 0 Å². The second kappa shape index (κ2) is 5.54. The van der Waals surface area contributed by atoms with Gasteiger partial charge in [0.05, 0.1) is 17.3 Å². The van der Waals surface area contributed by atoms with E-state index >= 15 is 0 Å². The first kappa shape index (κ1) is 11.7. The molecule has 0 radical (unpaired) electrons. The molecule has 0 aromatic carbocycles. The molecule has 86 valence electrons. The van der Waals surface area contributed by atoms with Crippen LogP contribution >= 0.6 is 22.7 Å². The third-order valence-corrected chi connectivity index (χ3v) is 3.75. The molecular formula is C11H14N2OS2. The van der Waals surface area contributed by atoms with Crippen LogP contribution in [0.2, 0.25) is 0 Å². The highest BCUT2D eigenvalue weighted by molar-refractivity contribution is 7.08. The summed E-state index contributed by atoms with van der Waals surface area (Å²) < 4.78 is 0. The summed E-state index contributed by atoms with van der Waals surface area (Å²) in [6, 6.07) is 2.13. The van der Waals surface area contributed by atoms with Crippen molar-refractivity contribution in [1.82, 2.24) is 10.3 Å². The van der Waals surface area contributed by atoms with E-state index in [-0.39, 0.29) is 6.04 Å². The minimum absolute atomic E-state index is 0.180. The van der Waals surface area contributed by atoms with Gasteiger partial charge in [0.25, 0.3) is 0 Å². The van der Waals surface area contributed by atoms with E-state index in [1.807, 2.05) is 27.7 Å². The van der Waals surface area contributed by atoms with Crippen molar-refractivity contribution in [3.63, 3.8) is 0 Å². The van der Waals surface area contributed by atoms with Gasteiger partial charge in [-0.05, 0) is 29.3 Å². The molecular weight excluding hydrogens is 240 g/mol. The van der Waals surface area contributed by atoms with Gasteiger partial charge in [0, 0.05) is 18.0 Å². The first-order valence-electron chi connectivity index (χ1n) is 5.09. The molecule has 2 atom stereocenters. The van der Waals surface area contributed by atoms with Crippen molar-refractivity contribution >= 4 is 22.7 Å². The summed E-state index contributed by atoms with van der Waals surface area (Å²) in [5.74, 6) is 0. The van der Waals surface area contributed by atoms with E-state index in [0.717, 1.165) is 11.3 Å². The fourth-order valence-corrected chi connectivity index (χ4v) is 2.77. The fourth-order valence-electron chi connectivity index (χ4n) is 1.41. The first-order valence-corrected chi connectivity index (χ1v) is 6.97. The van der Waals surface area contributed by atoms with E-state index in [2.05, 4.69) is 17.2 Å². The van der Waals surface area contributed by atoms with E-state index in [4.69, 9.17) is 0 Å². The summed E-state index contributed by atoms with van der Waals surface area (Å²) in [5.41, 5.74) is 3.83.